The number of alkyl halides is 3. The molecule has 1 aromatic rings. The molecule has 1 nitrogen and oxygen atoms in total. The first kappa shape index (κ1) is 10.5. The van der Waals surface area contributed by atoms with E-state index in [9.17, 15) is 13.2 Å². The summed E-state index contributed by atoms with van der Waals surface area (Å²) in [5.74, 6) is -0.527. The zero-order valence-corrected chi connectivity index (χ0v) is 8.41. The lowest BCUT2D eigenvalue weighted by molar-refractivity contribution is 0.145. The molecule has 0 aliphatic heterocycles. The summed E-state index contributed by atoms with van der Waals surface area (Å²) in [6, 6.07) is 1.07. The van der Waals surface area contributed by atoms with Crippen molar-refractivity contribution in [3.8, 4) is 0 Å². The highest BCUT2D eigenvalue weighted by Crippen LogP contribution is 2.22. The van der Waals surface area contributed by atoms with Gasteiger partial charge in [0.2, 0.25) is 0 Å². The molecule has 1 heterocycles. The Labute approximate surface area is 82.1 Å². The maximum Gasteiger partial charge on any atom is 0.280 e. The summed E-state index contributed by atoms with van der Waals surface area (Å²) in [6.07, 6.45) is -2.66. The van der Waals surface area contributed by atoms with Gasteiger partial charge in [0.15, 0.2) is 0 Å². The molecule has 5 heteroatoms. The lowest BCUT2D eigenvalue weighted by Crippen LogP contribution is -2.00. The normalized spacial score (nSPS) is 10.9. The highest BCUT2D eigenvalue weighted by atomic mass is 79.9. The molecule has 0 amide bonds. The van der Waals surface area contributed by atoms with Gasteiger partial charge in [-0.15, -0.1) is 0 Å². The van der Waals surface area contributed by atoms with Crippen molar-refractivity contribution in [1.29, 1.82) is 0 Å². The third kappa shape index (κ3) is 2.21. The van der Waals surface area contributed by atoms with Gasteiger partial charge < -0.3 is 0 Å². The quantitative estimate of drug-likeness (QED) is 0.737. The molecular weight excluding hydrogens is 247 g/mol. The zero-order valence-electron chi connectivity index (χ0n) is 6.82. The summed E-state index contributed by atoms with van der Waals surface area (Å²) in [6.45, 7) is 1.37. The van der Waals surface area contributed by atoms with Crippen LogP contribution < -0.4 is 0 Å². The van der Waals surface area contributed by atoms with Crippen LogP contribution in [-0.4, -0.2) is 4.98 Å². The molecule has 13 heavy (non-hydrogen) atoms. The first-order valence-corrected chi connectivity index (χ1v) is 4.68. The van der Waals surface area contributed by atoms with Crippen molar-refractivity contribution in [2.75, 3.05) is 0 Å². The Morgan fingerprint density at radius 3 is 2.62 bits per heavy atom. The summed E-state index contributed by atoms with van der Waals surface area (Å²) >= 11 is 3.01. The summed E-state index contributed by atoms with van der Waals surface area (Å²) in [7, 11) is 0. The van der Waals surface area contributed by atoms with Gasteiger partial charge in [-0.05, 0) is 13.0 Å². The molecule has 0 spiro atoms. The van der Waals surface area contributed by atoms with Gasteiger partial charge in [0.05, 0.1) is 5.69 Å². The third-order valence-electron chi connectivity index (χ3n) is 1.59. The molecule has 72 valence electrons. The van der Waals surface area contributed by atoms with Crippen LogP contribution in [0.15, 0.2) is 6.07 Å². The molecule has 0 fully saturated rings. The number of aryl methyl sites for hydroxylation is 1. The van der Waals surface area contributed by atoms with E-state index < -0.39 is 12.2 Å². The van der Waals surface area contributed by atoms with Gasteiger partial charge in [0.1, 0.15) is 11.5 Å². The predicted molar refractivity (Wildman–Crippen MR) is 46.5 cm³/mol. The van der Waals surface area contributed by atoms with E-state index >= 15 is 0 Å². The molecule has 1 rings (SSSR count). The van der Waals surface area contributed by atoms with E-state index in [1.165, 1.54) is 6.92 Å². The number of halogens is 4. The predicted octanol–water partition coefficient (Wildman–Crippen LogP) is 3.36. The molecule has 0 atom stereocenters. The Kier molecular flexibility index (Phi) is 3.30. The maximum absolute atomic E-state index is 13.1. The standard InChI is InChI=1S/C8H7BrF3N/c1-4-7(10)5(3-9)2-6(13-4)8(11)12/h2,8H,3H2,1H3. The Morgan fingerprint density at radius 2 is 2.15 bits per heavy atom. The van der Waals surface area contributed by atoms with Gasteiger partial charge in [-0.2, -0.15) is 0 Å². The summed E-state index contributed by atoms with van der Waals surface area (Å²) < 4.78 is 37.5. The maximum atomic E-state index is 13.1. The third-order valence-corrected chi connectivity index (χ3v) is 2.19. The van der Waals surface area contributed by atoms with Crippen molar-refractivity contribution in [3.63, 3.8) is 0 Å². The van der Waals surface area contributed by atoms with Crippen molar-refractivity contribution >= 4 is 15.9 Å². The monoisotopic (exact) mass is 253 g/mol. The van der Waals surface area contributed by atoms with Crippen LogP contribution in [0.5, 0.6) is 0 Å². The molecule has 0 N–H and O–H groups in total. The van der Waals surface area contributed by atoms with Crippen LogP contribution in [0.2, 0.25) is 0 Å². The highest BCUT2D eigenvalue weighted by molar-refractivity contribution is 9.08. The van der Waals surface area contributed by atoms with E-state index in [1.54, 1.807) is 0 Å². The molecule has 0 aliphatic rings. The largest absolute Gasteiger partial charge is 0.280 e. The van der Waals surface area contributed by atoms with Crippen molar-refractivity contribution in [2.24, 2.45) is 0 Å². The molecule has 0 aromatic carbocycles. The van der Waals surface area contributed by atoms with E-state index in [2.05, 4.69) is 20.9 Å². The number of pyridine rings is 1. The summed E-state index contributed by atoms with van der Waals surface area (Å²) in [5.41, 5.74) is -0.164. The number of aromatic nitrogens is 1. The SMILES string of the molecule is Cc1nc(C(F)F)cc(CBr)c1F. The zero-order chi connectivity index (χ0) is 10.0. The molecule has 0 radical (unpaired) electrons. The molecule has 0 unspecified atom stereocenters. The van der Waals surface area contributed by atoms with E-state index in [1.807, 2.05) is 0 Å². The van der Waals surface area contributed by atoms with Crippen LogP contribution >= 0.6 is 15.9 Å². The second kappa shape index (κ2) is 4.09. The van der Waals surface area contributed by atoms with E-state index in [0.29, 0.717) is 0 Å². The minimum atomic E-state index is -2.66. The fraction of sp³-hybridized carbons (Fsp3) is 0.375. The molecule has 0 aliphatic carbocycles. The first-order chi connectivity index (χ1) is 6.06. The number of rotatable bonds is 2. The average molecular weight is 254 g/mol. The summed E-state index contributed by atoms with van der Waals surface area (Å²) in [4.78, 5) is 3.43. The van der Waals surface area contributed by atoms with E-state index in [4.69, 9.17) is 0 Å². The fourth-order valence-electron chi connectivity index (χ4n) is 0.958. The summed E-state index contributed by atoms with van der Waals surface area (Å²) in [5, 5.41) is 0.210. The first-order valence-electron chi connectivity index (χ1n) is 3.56. The van der Waals surface area contributed by atoms with E-state index in [-0.39, 0.29) is 22.3 Å². The van der Waals surface area contributed by atoms with Crippen LogP contribution in [0.25, 0.3) is 0 Å². The lowest BCUT2D eigenvalue weighted by Gasteiger charge is -2.05. The average Bonchev–Trinajstić information content (AvgIpc) is 2.09. The van der Waals surface area contributed by atoms with Gasteiger partial charge in [-0.3, -0.25) is 0 Å². The highest BCUT2D eigenvalue weighted by Gasteiger charge is 2.14. The Balaban J connectivity index is 3.22. The van der Waals surface area contributed by atoms with Crippen molar-refractivity contribution in [3.05, 3.63) is 28.8 Å². The van der Waals surface area contributed by atoms with Crippen LogP contribution in [0.3, 0.4) is 0 Å². The Morgan fingerprint density at radius 1 is 1.54 bits per heavy atom. The van der Waals surface area contributed by atoms with Gasteiger partial charge in [-0.1, -0.05) is 15.9 Å². The molecule has 0 saturated carbocycles. The van der Waals surface area contributed by atoms with Crippen LogP contribution in [-0.2, 0) is 5.33 Å². The van der Waals surface area contributed by atoms with Crippen LogP contribution in [0, 0.1) is 12.7 Å². The minimum absolute atomic E-state index is 0.00671. The minimum Gasteiger partial charge on any atom is -0.249 e. The number of nitrogens with zero attached hydrogens (tertiary/aromatic N) is 1. The molecular formula is C8H7BrF3N. The Bertz CT molecular complexity index is 315. The second-order valence-electron chi connectivity index (χ2n) is 2.54. The molecule has 0 bridgehead atoms. The van der Waals surface area contributed by atoms with Gasteiger partial charge in [0.25, 0.3) is 6.43 Å². The van der Waals surface area contributed by atoms with Crippen LogP contribution in [0.4, 0.5) is 13.2 Å². The van der Waals surface area contributed by atoms with Crippen LogP contribution in [0.1, 0.15) is 23.4 Å². The van der Waals surface area contributed by atoms with Gasteiger partial charge in [0, 0.05) is 10.9 Å². The topological polar surface area (TPSA) is 12.9 Å². The van der Waals surface area contributed by atoms with Gasteiger partial charge >= 0.3 is 0 Å². The van der Waals surface area contributed by atoms with Crippen molar-refractivity contribution in [2.45, 2.75) is 18.7 Å². The number of hydrogen-bond acceptors (Lipinski definition) is 1. The van der Waals surface area contributed by atoms with Gasteiger partial charge in [-0.25, -0.2) is 18.2 Å². The fourth-order valence-corrected chi connectivity index (χ4v) is 1.37. The van der Waals surface area contributed by atoms with Crippen molar-refractivity contribution in [1.82, 2.24) is 4.98 Å². The Hall–Kier alpha value is -0.580. The van der Waals surface area contributed by atoms with Crippen molar-refractivity contribution < 1.29 is 13.2 Å². The van der Waals surface area contributed by atoms with E-state index in [0.717, 1.165) is 6.07 Å². The molecule has 0 saturated heterocycles. The lowest BCUT2D eigenvalue weighted by atomic mass is 10.2. The smallest absolute Gasteiger partial charge is 0.249 e. The molecule has 1 aromatic heterocycles. The number of hydrogen-bond donors (Lipinski definition) is 0. The second-order valence-corrected chi connectivity index (χ2v) is 3.10.